The van der Waals surface area contributed by atoms with Gasteiger partial charge in [0.15, 0.2) is 5.96 Å². The highest BCUT2D eigenvalue weighted by molar-refractivity contribution is 5.96. The van der Waals surface area contributed by atoms with Gasteiger partial charge >= 0.3 is 18.0 Å². The molecule has 1 unspecified atom stereocenters. The number of nitrogens with one attached hydrogen (secondary N) is 7. The van der Waals surface area contributed by atoms with Gasteiger partial charge in [0, 0.05) is 25.9 Å². The van der Waals surface area contributed by atoms with Crippen LogP contribution in [0.15, 0.2) is 48.5 Å². The number of fused-ring (bicyclic) bond motifs is 4. The first kappa shape index (κ1) is 49.3. The summed E-state index contributed by atoms with van der Waals surface area (Å²) in [6.45, 7) is 1.60. The first-order valence-electron chi connectivity index (χ1n) is 22.2. The third-order valence-electron chi connectivity index (χ3n) is 12.0. The van der Waals surface area contributed by atoms with E-state index in [2.05, 4.69) is 31.9 Å². The molecule has 0 saturated carbocycles. The van der Waals surface area contributed by atoms with E-state index in [1.165, 1.54) is 18.9 Å². The Morgan fingerprint density at radius 2 is 1.46 bits per heavy atom. The number of carboxylic acid groups (broad SMARTS) is 1. The molecule has 2 aromatic carbocycles. The van der Waals surface area contributed by atoms with Crippen molar-refractivity contribution >= 4 is 53.5 Å². The van der Waals surface area contributed by atoms with Crippen molar-refractivity contribution in [2.75, 3.05) is 26.8 Å². The molecular weight excluding hydrogens is 843 g/mol. The zero-order valence-electron chi connectivity index (χ0n) is 36.8. The number of rotatable bonds is 15. The Morgan fingerprint density at radius 1 is 0.846 bits per heavy atom. The second-order valence-electron chi connectivity index (χ2n) is 16.6. The van der Waals surface area contributed by atoms with Crippen LogP contribution < -0.4 is 37.6 Å². The Labute approximate surface area is 377 Å². The minimum absolute atomic E-state index is 0.0101. The van der Waals surface area contributed by atoms with Crippen LogP contribution in [0.2, 0.25) is 0 Å². The number of ether oxygens (including phenoxy) is 2. The number of esters is 1. The molecule has 5 rings (SSSR count). The molecule has 0 bridgehead atoms. The van der Waals surface area contributed by atoms with Gasteiger partial charge < -0.3 is 57.1 Å². The van der Waals surface area contributed by atoms with Crippen LogP contribution >= 0.6 is 0 Å². The fourth-order valence-corrected chi connectivity index (χ4v) is 8.71. The van der Waals surface area contributed by atoms with E-state index in [-0.39, 0.29) is 95.8 Å². The number of unbranched alkanes of at least 4 members (excludes halogenated alkanes) is 1. The number of guanidine groups is 1. The number of carbonyl (C=O) groups excluding carboxylic acids is 7. The van der Waals surface area contributed by atoms with Gasteiger partial charge in [-0.3, -0.25) is 29.4 Å². The SMILES string of the molecule is COC(=O)[C@H](CCCC[C@@H]1NC(=O)C2CCCN2C(=O)[C@@H](NC(=O)OCC2c3ccccc3-c3ccccc32)CCCC[C@@H](C(=O)O)NC(=O)[C@H](CCCNC(=N)N)NC1=O)NC(C)=O. The summed E-state index contributed by atoms with van der Waals surface area (Å²) in [4.78, 5) is 108. The topological polar surface area (TPSA) is 301 Å². The average Bonchev–Trinajstić information content (AvgIpc) is 3.90. The lowest BCUT2D eigenvalue weighted by Crippen LogP contribution is -2.58. The number of amides is 6. The first-order chi connectivity index (χ1) is 31.2. The van der Waals surface area contributed by atoms with E-state index in [9.17, 15) is 43.5 Å². The van der Waals surface area contributed by atoms with Crippen molar-refractivity contribution in [1.82, 2.24) is 36.8 Å². The lowest BCUT2D eigenvalue weighted by molar-refractivity contribution is -0.145. The van der Waals surface area contributed by atoms with Crippen LogP contribution in [0.4, 0.5) is 4.79 Å². The van der Waals surface area contributed by atoms with Gasteiger partial charge in [0.05, 0.1) is 7.11 Å². The minimum atomic E-state index is -1.37. The highest BCUT2D eigenvalue weighted by atomic mass is 16.5. The molecule has 2 saturated heterocycles. The number of benzene rings is 2. The molecule has 6 amide bonds. The summed E-state index contributed by atoms with van der Waals surface area (Å²) in [6, 6.07) is 8.70. The molecular formula is C45H61N9O11. The van der Waals surface area contributed by atoms with Gasteiger partial charge in [0.1, 0.15) is 42.9 Å². The molecule has 0 spiro atoms. The van der Waals surface area contributed by atoms with Gasteiger partial charge in [-0.25, -0.2) is 14.4 Å². The quantitative estimate of drug-likeness (QED) is 0.0531. The standard InChI is InChI=1S/C45H61N9O11/c1-26(55)49-36(43(62)64-2)20-10-7-17-32-38(56)50-33(21-11-23-48-44(46)47)39(57)52-35(42(60)61)19-9-8-18-34(41(59)54-24-12-22-37(54)40(58)51-32)53-45(63)65-25-31-29-15-5-3-13-27(29)28-14-4-6-16-30(28)31/h3-6,13-16,31-37H,7-12,17-25H2,1-2H3,(H,49,55)(H,50,56)(H,51,58)(H,52,57)(H,53,63)(H,60,61)(H4,46,47,48)/t32-,33-,34-,35-,36-,37?/m0/s1. The number of nitrogens with zero attached hydrogens (tertiary/aromatic N) is 1. The molecule has 20 heteroatoms. The lowest BCUT2D eigenvalue weighted by atomic mass is 9.98. The van der Waals surface area contributed by atoms with E-state index >= 15 is 0 Å². The zero-order valence-corrected chi connectivity index (χ0v) is 36.8. The minimum Gasteiger partial charge on any atom is -0.480 e. The largest absolute Gasteiger partial charge is 0.480 e. The summed E-state index contributed by atoms with van der Waals surface area (Å²) in [5.74, 6) is -5.69. The summed E-state index contributed by atoms with van der Waals surface area (Å²) in [6.07, 6.45) is 1.33. The van der Waals surface area contributed by atoms with Gasteiger partial charge in [-0.05, 0) is 73.6 Å². The van der Waals surface area contributed by atoms with Crippen molar-refractivity contribution < 1.29 is 52.9 Å². The Balaban J connectivity index is 1.37. The van der Waals surface area contributed by atoms with Crippen molar-refractivity contribution in [3.05, 3.63) is 59.7 Å². The van der Waals surface area contributed by atoms with Crippen molar-refractivity contribution in [2.45, 2.75) is 126 Å². The molecule has 3 aliphatic rings. The normalized spacial score (nSPS) is 22.1. The molecule has 2 aromatic rings. The van der Waals surface area contributed by atoms with Gasteiger partial charge in [-0.15, -0.1) is 0 Å². The maximum atomic E-state index is 14.4. The molecule has 2 aliphatic heterocycles. The van der Waals surface area contributed by atoms with E-state index in [0.29, 0.717) is 12.8 Å². The highest BCUT2D eigenvalue weighted by Crippen LogP contribution is 2.44. The van der Waals surface area contributed by atoms with Crippen LogP contribution in [0.5, 0.6) is 0 Å². The third-order valence-corrected chi connectivity index (χ3v) is 12.0. The Bertz CT molecular complexity index is 2040. The first-order valence-corrected chi connectivity index (χ1v) is 22.2. The van der Waals surface area contributed by atoms with Crippen molar-refractivity contribution in [2.24, 2.45) is 5.73 Å². The van der Waals surface area contributed by atoms with Crippen molar-refractivity contribution in [3.63, 3.8) is 0 Å². The number of carboxylic acids is 1. The summed E-state index contributed by atoms with van der Waals surface area (Å²) in [5, 5.41) is 33.4. The Kier molecular flexibility index (Phi) is 18.1. The van der Waals surface area contributed by atoms with E-state index in [1.54, 1.807) is 0 Å². The molecule has 0 aromatic heterocycles. The fraction of sp³-hybridized carbons (Fsp3) is 0.533. The van der Waals surface area contributed by atoms with Crippen LogP contribution in [0.3, 0.4) is 0 Å². The number of nitrogens with two attached hydrogens (primary N) is 1. The number of methoxy groups -OCH3 is 1. The van der Waals surface area contributed by atoms with Crippen LogP contribution in [-0.4, -0.2) is 127 Å². The molecule has 65 heavy (non-hydrogen) atoms. The van der Waals surface area contributed by atoms with Crippen molar-refractivity contribution in [1.29, 1.82) is 5.41 Å². The average molecular weight is 904 g/mol. The Morgan fingerprint density at radius 3 is 2.09 bits per heavy atom. The molecule has 2 heterocycles. The molecule has 0 radical (unpaired) electrons. The van der Waals surface area contributed by atoms with Crippen molar-refractivity contribution in [3.8, 4) is 11.1 Å². The van der Waals surface area contributed by atoms with E-state index < -0.39 is 83.8 Å². The Hall–Kier alpha value is -6.73. The van der Waals surface area contributed by atoms with E-state index in [0.717, 1.165) is 22.3 Å². The molecule has 6 atom stereocenters. The smallest absolute Gasteiger partial charge is 0.407 e. The fourth-order valence-electron chi connectivity index (χ4n) is 8.71. The maximum Gasteiger partial charge on any atom is 0.407 e. The van der Waals surface area contributed by atoms with E-state index in [4.69, 9.17) is 20.6 Å². The number of hydrogen-bond acceptors (Lipinski definition) is 11. The highest BCUT2D eigenvalue weighted by Gasteiger charge is 2.40. The molecule has 20 nitrogen and oxygen atoms in total. The number of aliphatic carboxylic acids is 1. The second kappa shape index (κ2) is 23.8. The molecule has 352 valence electrons. The molecule has 2 fully saturated rings. The predicted octanol–water partition coefficient (Wildman–Crippen LogP) is 1.50. The van der Waals surface area contributed by atoms with Crippen LogP contribution in [0, 0.1) is 5.41 Å². The maximum absolute atomic E-state index is 14.4. The number of hydrogen-bond donors (Lipinski definition) is 9. The second-order valence-corrected chi connectivity index (χ2v) is 16.6. The third kappa shape index (κ3) is 13.6. The molecule has 1 aliphatic carbocycles. The van der Waals surface area contributed by atoms with Crippen LogP contribution in [0.1, 0.15) is 101 Å². The molecule has 10 N–H and O–H groups in total. The van der Waals surface area contributed by atoms with Gasteiger partial charge in [-0.1, -0.05) is 74.2 Å². The van der Waals surface area contributed by atoms with Gasteiger partial charge in [0.2, 0.25) is 29.5 Å². The number of carbonyl (C=O) groups is 8. The summed E-state index contributed by atoms with van der Waals surface area (Å²) in [5.41, 5.74) is 9.50. The summed E-state index contributed by atoms with van der Waals surface area (Å²) < 4.78 is 10.6. The summed E-state index contributed by atoms with van der Waals surface area (Å²) in [7, 11) is 1.19. The predicted molar refractivity (Wildman–Crippen MR) is 236 cm³/mol. The number of alkyl carbamates (subject to hydrolysis) is 1. The van der Waals surface area contributed by atoms with Crippen LogP contribution in [-0.2, 0) is 43.0 Å². The lowest BCUT2D eigenvalue weighted by Gasteiger charge is -2.30. The monoisotopic (exact) mass is 903 g/mol. The van der Waals surface area contributed by atoms with E-state index in [1.807, 2.05) is 48.5 Å². The zero-order chi connectivity index (χ0) is 47.0. The van der Waals surface area contributed by atoms with Gasteiger partial charge in [-0.2, -0.15) is 0 Å². The van der Waals surface area contributed by atoms with Crippen LogP contribution in [0.25, 0.3) is 11.1 Å². The summed E-state index contributed by atoms with van der Waals surface area (Å²) >= 11 is 0. The van der Waals surface area contributed by atoms with Gasteiger partial charge in [0.25, 0.3) is 0 Å².